The average Bonchev–Trinajstić information content (AvgIpc) is 3.79. The Morgan fingerprint density at radius 3 is 1.69 bits per heavy atom. The van der Waals surface area contributed by atoms with E-state index in [1.54, 1.807) is 0 Å². The largest absolute Gasteiger partial charge is 0.455 e. The zero-order valence-electron chi connectivity index (χ0n) is 29.1. The highest BCUT2D eigenvalue weighted by Crippen LogP contribution is 2.47. The van der Waals surface area contributed by atoms with Gasteiger partial charge in [0, 0.05) is 30.9 Å². The van der Waals surface area contributed by atoms with E-state index in [0.717, 1.165) is 16.6 Å². The van der Waals surface area contributed by atoms with Crippen LogP contribution in [0.15, 0.2) is 186 Å². The maximum absolute atomic E-state index is 6.73. The van der Waals surface area contributed by atoms with Crippen molar-refractivity contribution < 1.29 is 4.42 Å². The minimum Gasteiger partial charge on any atom is -0.455 e. The van der Waals surface area contributed by atoms with E-state index in [-0.39, 0.29) is 0 Å². The van der Waals surface area contributed by atoms with Crippen LogP contribution in [0, 0.1) is 0 Å². The van der Waals surface area contributed by atoms with Crippen LogP contribution in [-0.4, -0.2) is 0 Å². The van der Waals surface area contributed by atoms with Gasteiger partial charge in [0.05, 0.1) is 0 Å². The number of thiophene rings is 1. The molecule has 0 aliphatic heterocycles. The fraction of sp³-hybridized carbons (Fsp3) is 0. The fourth-order valence-electron chi connectivity index (χ4n) is 9.06. The molecule has 12 rings (SSSR count). The number of benzene rings is 10. The van der Waals surface area contributed by atoms with Crippen LogP contribution in [0.1, 0.15) is 0 Å². The molecule has 250 valence electrons. The van der Waals surface area contributed by atoms with Gasteiger partial charge in [-0.15, -0.1) is 11.3 Å². The zero-order valence-corrected chi connectivity index (χ0v) is 30.0. The van der Waals surface area contributed by atoms with Gasteiger partial charge in [0.15, 0.2) is 0 Å². The minimum absolute atomic E-state index is 0.926. The molecule has 1 nitrogen and oxygen atoms in total. The summed E-state index contributed by atoms with van der Waals surface area (Å²) in [7, 11) is 0. The summed E-state index contributed by atoms with van der Waals surface area (Å²) in [6.07, 6.45) is 0. The summed E-state index contributed by atoms with van der Waals surface area (Å²) >= 11 is 1.83. The van der Waals surface area contributed by atoms with E-state index in [0.29, 0.717) is 0 Å². The Balaban J connectivity index is 1.06. The van der Waals surface area contributed by atoms with Gasteiger partial charge in [-0.2, -0.15) is 0 Å². The van der Waals surface area contributed by atoms with Gasteiger partial charge < -0.3 is 4.42 Å². The lowest BCUT2D eigenvalue weighted by atomic mass is 9.84. The maximum Gasteiger partial charge on any atom is 0.144 e. The second-order valence-corrected chi connectivity index (χ2v) is 15.4. The molecule has 0 aliphatic rings. The van der Waals surface area contributed by atoms with Crippen LogP contribution in [0.5, 0.6) is 0 Å². The van der Waals surface area contributed by atoms with E-state index >= 15 is 0 Å². The highest BCUT2D eigenvalue weighted by Gasteiger charge is 2.20. The zero-order chi connectivity index (χ0) is 35.3. The quantitative estimate of drug-likeness (QED) is 0.167. The van der Waals surface area contributed by atoms with E-state index < -0.39 is 0 Å². The number of hydrogen-bond acceptors (Lipinski definition) is 2. The van der Waals surface area contributed by atoms with Crippen LogP contribution in [0.4, 0.5) is 0 Å². The SMILES string of the molecule is c1ccc(-c2c3ccccc3c(-c3ccc(-c4ccc5cc6c(cc5c4)oc4c6ccc5sc6ccccc6c54)c4ccccc34)c3ccccc23)cc1. The number of fused-ring (bicyclic) bond motifs is 11. The molecule has 0 aliphatic carbocycles. The summed E-state index contributed by atoms with van der Waals surface area (Å²) < 4.78 is 9.29. The summed E-state index contributed by atoms with van der Waals surface area (Å²) in [6, 6.07) is 66.8. The number of hydrogen-bond donors (Lipinski definition) is 0. The fourth-order valence-corrected chi connectivity index (χ4v) is 10.2. The van der Waals surface area contributed by atoms with Crippen LogP contribution in [0.25, 0.3) is 119 Å². The van der Waals surface area contributed by atoms with Gasteiger partial charge in [-0.05, 0) is 113 Å². The molecule has 0 N–H and O–H groups in total. The number of rotatable bonds is 3. The van der Waals surface area contributed by atoms with Crippen LogP contribution in [-0.2, 0) is 0 Å². The van der Waals surface area contributed by atoms with Crippen molar-refractivity contribution in [1.82, 2.24) is 0 Å². The molecule has 0 fully saturated rings. The van der Waals surface area contributed by atoms with E-state index in [9.17, 15) is 0 Å². The smallest absolute Gasteiger partial charge is 0.144 e. The predicted octanol–water partition coefficient (Wildman–Crippen LogP) is 15.6. The first-order chi connectivity index (χ1) is 26.8. The molecule has 0 saturated carbocycles. The van der Waals surface area contributed by atoms with Gasteiger partial charge >= 0.3 is 0 Å². The number of furan rings is 1. The Morgan fingerprint density at radius 1 is 0.333 bits per heavy atom. The van der Waals surface area contributed by atoms with Crippen molar-refractivity contribution in [3.63, 3.8) is 0 Å². The van der Waals surface area contributed by atoms with E-state index in [1.165, 1.54) is 102 Å². The van der Waals surface area contributed by atoms with Gasteiger partial charge in [-0.1, -0.05) is 146 Å². The summed E-state index contributed by atoms with van der Waals surface area (Å²) in [4.78, 5) is 0. The molecule has 2 aromatic heterocycles. The van der Waals surface area contributed by atoms with E-state index in [4.69, 9.17) is 4.42 Å². The monoisotopic (exact) mass is 702 g/mol. The van der Waals surface area contributed by atoms with Crippen LogP contribution in [0.2, 0.25) is 0 Å². The van der Waals surface area contributed by atoms with Crippen molar-refractivity contribution in [3.05, 3.63) is 182 Å². The van der Waals surface area contributed by atoms with Crippen LogP contribution >= 0.6 is 11.3 Å². The summed E-state index contributed by atoms with van der Waals surface area (Å²) in [5, 5.41) is 14.8. The van der Waals surface area contributed by atoms with E-state index in [2.05, 4.69) is 182 Å². The lowest BCUT2D eigenvalue weighted by molar-refractivity contribution is 0.673. The van der Waals surface area contributed by atoms with Crippen molar-refractivity contribution in [2.24, 2.45) is 0 Å². The maximum atomic E-state index is 6.73. The first-order valence-electron chi connectivity index (χ1n) is 18.5. The van der Waals surface area contributed by atoms with Gasteiger partial charge in [-0.25, -0.2) is 0 Å². The highest BCUT2D eigenvalue weighted by atomic mass is 32.1. The molecule has 0 amide bonds. The first kappa shape index (κ1) is 29.8. The topological polar surface area (TPSA) is 13.1 Å². The second-order valence-electron chi connectivity index (χ2n) is 14.3. The Hall–Kier alpha value is -6.74. The van der Waals surface area contributed by atoms with Gasteiger partial charge in [0.25, 0.3) is 0 Å². The van der Waals surface area contributed by atoms with Gasteiger partial charge in [-0.3, -0.25) is 0 Å². The van der Waals surface area contributed by atoms with Crippen molar-refractivity contribution >= 4 is 96.5 Å². The Morgan fingerprint density at radius 2 is 0.944 bits per heavy atom. The Bertz CT molecular complexity index is 3440. The predicted molar refractivity (Wildman–Crippen MR) is 233 cm³/mol. The third kappa shape index (κ3) is 4.26. The third-order valence-corrected chi connectivity index (χ3v) is 12.6. The molecule has 2 heteroatoms. The second kappa shape index (κ2) is 11.4. The molecule has 0 spiro atoms. The first-order valence-corrected chi connectivity index (χ1v) is 19.3. The van der Waals surface area contributed by atoms with Gasteiger partial charge in [0.2, 0.25) is 0 Å². The van der Waals surface area contributed by atoms with Crippen molar-refractivity contribution in [2.45, 2.75) is 0 Å². The highest BCUT2D eigenvalue weighted by molar-refractivity contribution is 7.26. The molecule has 0 radical (unpaired) electrons. The molecule has 0 bridgehead atoms. The van der Waals surface area contributed by atoms with Crippen molar-refractivity contribution in [2.75, 3.05) is 0 Å². The third-order valence-electron chi connectivity index (χ3n) is 11.4. The lowest BCUT2D eigenvalue weighted by Gasteiger charge is -2.19. The molecule has 54 heavy (non-hydrogen) atoms. The van der Waals surface area contributed by atoms with Crippen molar-refractivity contribution in [1.29, 1.82) is 0 Å². The molecule has 2 heterocycles. The minimum atomic E-state index is 0.926. The molecule has 0 saturated heterocycles. The van der Waals surface area contributed by atoms with Crippen LogP contribution < -0.4 is 0 Å². The Labute approximate surface area is 314 Å². The molecular weight excluding hydrogens is 673 g/mol. The normalized spacial score (nSPS) is 12.1. The van der Waals surface area contributed by atoms with Gasteiger partial charge in [0.1, 0.15) is 11.2 Å². The van der Waals surface area contributed by atoms with Crippen molar-refractivity contribution in [3.8, 4) is 33.4 Å². The summed E-state index contributed by atoms with van der Waals surface area (Å²) in [6.45, 7) is 0. The molecule has 10 aromatic carbocycles. The molecule has 0 atom stereocenters. The summed E-state index contributed by atoms with van der Waals surface area (Å²) in [5.41, 5.74) is 9.38. The standard InChI is InChI=1S/C52H30OS/c1-2-12-31(13-3-1)49-38-16-6-8-18-40(38)50(41-19-9-7-17-39(41)49)42-25-24-35(36-14-4-5-15-37(36)42)33-23-22-32-29-45-43-26-27-48-51(44-20-10-11-21-47(44)54-48)52(43)53-46(45)30-34(32)28-33/h1-30H. The van der Waals surface area contributed by atoms with E-state index in [1.807, 2.05) is 11.3 Å². The molecule has 0 unspecified atom stereocenters. The Kier molecular flexibility index (Phi) is 6.28. The average molecular weight is 703 g/mol. The molecule has 12 aromatic rings. The van der Waals surface area contributed by atoms with Crippen LogP contribution in [0.3, 0.4) is 0 Å². The lowest BCUT2D eigenvalue weighted by Crippen LogP contribution is -1.92. The summed E-state index contributed by atoms with van der Waals surface area (Å²) in [5.74, 6) is 0. The molecular formula is C52H30OS.